The second kappa shape index (κ2) is 7.04. The maximum Gasteiger partial charge on any atom is 0.142 e. The second-order valence-electron chi connectivity index (χ2n) is 4.64. The van der Waals surface area contributed by atoms with Gasteiger partial charge >= 0.3 is 0 Å². The van der Waals surface area contributed by atoms with Crippen LogP contribution in [0.2, 0.25) is 0 Å². The lowest BCUT2D eigenvalue weighted by Crippen LogP contribution is -2.14. The van der Waals surface area contributed by atoms with Crippen molar-refractivity contribution < 1.29 is 4.74 Å². The van der Waals surface area contributed by atoms with Crippen LogP contribution in [0.15, 0.2) is 36.9 Å². The van der Waals surface area contributed by atoms with Gasteiger partial charge in [-0.05, 0) is 18.6 Å². The zero-order valence-electron chi connectivity index (χ0n) is 11.5. The Morgan fingerprint density at radius 3 is 3.00 bits per heavy atom. The minimum atomic E-state index is 0.0921. The third-order valence-electron chi connectivity index (χ3n) is 3.19. The number of hydrogen-bond donors (Lipinski definition) is 0. The summed E-state index contributed by atoms with van der Waals surface area (Å²) < 4.78 is 7.62. The van der Waals surface area contributed by atoms with Crippen LogP contribution in [0.1, 0.15) is 32.6 Å². The van der Waals surface area contributed by atoms with Crippen molar-refractivity contribution in [1.29, 1.82) is 0 Å². The van der Waals surface area contributed by atoms with Gasteiger partial charge in [-0.15, -0.1) is 11.7 Å². The van der Waals surface area contributed by atoms with E-state index >= 15 is 0 Å². The van der Waals surface area contributed by atoms with E-state index in [1.807, 2.05) is 30.3 Å². The SMILES string of the molecule is C=CC(CCCCC)OCn1nnc2ccccc21. The van der Waals surface area contributed by atoms with Gasteiger partial charge in [-0.1, -0.05) is 49.6 Å². The molecule has 0 spiro atoms. The molecule has 1 aromatic carbocycles. The highest BCUT2D eigenvalue weighted by Crippen LogP contribution is 2.12. The molecule has 2 rings (SSSR count). The van der Waals surface area contributed by atoms with E-state index in [9.17, 15) is 0 Å². The quantitative estimate of drug-likeness (QED) is 0.537. The molecular formula is C15H21N3O. The topological polar surface area (TPSA) is 39.9 Å². The highest BCUT2D eigenvalue weighted by Gasteiger charge is 2.07. The van der Waals surface area contributed by atoms with Crippen molar-refractivity contribution in [2.24, 2.45) is 0 Å². The van der Waals surface area contributed by atoms with E-state index in [1.54, 1.807) is 4.68 Å². The lowest BCUT2D eigenvalue weighted by Gasteiger charge is -2.13. The lowest BCUT2D eigenvalue weighted by atomic mass is 10.1. The van der Waals surface area contributed by atoms with E-state index < -0.39 is 0 Å². The van der Waals surface area contributed by atoms with Gasteiger partial charge in [0.2, 0.25) is 0 Å². The molecule has 2 aromatic rings. The Hall–Kier alpha value is -1.68. The first kappa shape index (κ1) is 13.7. The molecule has 102 valence electrons. The molecule has 0 fully saturated rings. The summed E-state index contributed by atoms with van der Waals surface area (Å²) in [5.74, 6) is 0. The molecule has 4 heteroatoms. The molecule has 0 saturated heterocycles. The molecule has 0 bridgehead atoms. The first-order valence-corrected chi connectivity index (χ1v) is 6.87. The lowest BCUT2D eigenvalue weighted by molar-refractivity contribution is 0.0236. The zero-order valence-corrected chi connectivity index (χ0v) is 11.5. The minimum absolute atomic E-state index is 0.0921. The monoisotopic (exact) mass is 259 g/mol. The van der Waals surface area contributed by atoms with Crippen LogP contribution in [0.5, 0.6) is 0 Å². The number of benzene rings is 1. The summed E-state index contributed by atoms with van der Waals surface area (Å²) in [6.45, 7) is 6.45. The number of nitrogens with zero attached hydrogens (tertiary/aromatic N) is 3. The van der Waals surface area contributed by atoms with Gasteiger partial charge in [0.25, 0.3) is 0 Å². The molecular weight excluding hydrogens is 238 g/mol. The van der Waals surface area contributed by atoms with Crippen LogP contribution < -0.4 is 0 Å². The van der Waals surface area contributed by atoms with Crippen molar-refractivity contribution in [3.05, 3.63) is 36.9 Å². The molecule has 1 heterocycles. The van der Waals surface area contributed by atoms with Gasteiger partial charge in [0.05, 0.1) is 11.6 Å². The summed E-state index contributed by atoms with van der Waals surface area (Å²) in [4.78, 5) is 0. The summed E-state index contributed by atoms with van der Waals surface area (Å²) in [6, 6.07) is 7.89. The predicted molar refractivity (Wildman–Crippen MR) is 76.7 cm³/mol. The number of ether oxygens (including phenoxy) is 1. The first-order chi connectivity index (χ1) is 9.35. The van der Waals surface area contributed by atoms with Crippen LogP contribution in [0.25, 0.3) is 11.0 Å². The Labute approximate surface area is 114 Å². The number of aromatic nitrogens is 3. The molecule has 0 aliphatic heterocycles. The number of fused-ring (bicyclic) bond motifs is 1. The maximum absolute atomic E-state index is 5.83. The average Bonchev–Trinajstić information content (AvgIpc) is 2.86. The molecule has 0 aliphatic rings. The van der Waals surface area contributed by atoms with Crippen molar-refractivity contribution >= 4 is 11.0 Å². The number of rotatable bonds is 8. The molecule has 1 atom stereocenters. The standard InChI is InChI=1S/C15H21N3O/c1-3-5-6-9-13(4-2)19-12-18-15-11-8-7-10-14(15)16-17-18/h4,7-8,10-11,13H,2-3,5-6,9,12H2,1H3. The number of hydrogen-bond acceptors (Lipinski definition) is 3. The molecule has 0 amide bonds. The first-order valence-electron chi connectivity index (χ1n) is 6.87. The van der Waals surface area contributed by atoms with Crippen molar-refractivity contribution in [1.82, 2.24) is 15.0 Å². The predicted octanol–water partition coefficient (Wildman–Crippen LogP) is 3.54. The van der Waals surface area contributed by atoms with Gasteiger partial charge in [0, 0.05) is 0 Å². The second-order valence-corrected chi connectivity index (χ2v) is 4.64. The van der Waals surface area contributed by atoms with Crippen LogP contribution in [0, 0.1) is 0 Å². The molecule has 1 aromatic heterocycles. The van der Waals surface area contributed by atoms with Crippen molar-refractivity contribution in [3.63, 3.8) is 0 Å². The average molecular weight is 259 g/mol. The Balaban J connectivity index is 1.91. The number of unbranched alkanes of at least 4 members (excludes halogenated alkanes) is 2. The van der Waals surface area contributed by atoms with E-state index in [0.717, 1.165) is 17.5 Å². The van der Waals surface area contributed by atoms with Gasteiger partial charge in [0.15, 0.2) is 0 Å². The number of para-hydroxylation sites is 1. The third kappa shape index (κ3) is 3.64. The van der Waals surface area contributed by atoms with Crippen LogP contribution in [-0.4, -0.2) is 21.1 Å². The van der Waals surface area contributed by atoms with Crippen LogP contribution in [0.4, 0.5) is 0 Å². The Kier molecular flexibility index (Phi) is 5.10. The fourth-order valence-electron chi connectivity index (χ4n) is 2.04. The molecule has 1 unspecified atom stereocenters. The van der Waals surface area contributed by atoms with E-state index in [4.69, 9.17) is 4.74 Å². The highest BCUT2D eigenvalue weighted by molar-refractivity contribution is 5.73. The fraction of sp³-hybridized carbons (Fsp3) is 0.467. The van der Waals surface area contributed by atoms with Crippen LogP contribution in [-0.2, 0) is 11.5 Å². The summed E-state index contributed by atoms with van der Waals surface area (Å²) in [5, 5.41) is 8.21. The van der Waals surface area contributed by atoms with Gasteiger partial charge in [0.1, 0.15) is 12.2 Å². The van der Waals surface area contributed by atoms with E-state index in [1.165, 1.54) is 19.3 Å². The van der Waals surface area contributed by atoms with E-state index in [0.29, 0.717) is 6.73 Å². The van der Waals surface area contributed by atoms with Crippen molar-refractivity contribution in [2.75, 3.05) is 0 Å². The Bertz CT molecular complexity index is 521. The fourth-order valence-corrected chi connectivity index (χ4v) is 2.04. The zero-order chi connectivity index (χ0) is 13.5. The summed E-state index contributed by atoms with van der Waals surface area (Å²) in [7, 11) is 0. The molecule has 0 saturated carbocycles. The molecule has 19 heavy (non-hydrogen) atoms. The Morgan fingerprint density at radius 1 is 1.37 bits per heavy atom. The largest absolute Gasteiger partial charge is 0.352 e. The smallest absolute Gasteiger partial charge is 0.142 e. The van der Waals surface area contributed by atoms with Crippen LogP contribution >= 0.6 is 0 Å². The summed E-state index contributed by atoms with van der Waals surface area (Å²) in [6.07, 6.45) is 6.61. The van der Waals surface area contributed by atoms with Crippen molar-refractivity contribution in [3.8, 4) is 0 Å². The molecule has 4 nitrogen and oxygen atoms in total. The van der Waals surface area contributed by atoms with Gasteiger partial charge in [-0.25, -0.2) is 4.68 Å². The maximum atomic E-state index is 5.83. The molecule has 0 N–H and O–H groups in total. The third-order valence-corrected chi connectivity index (χ3v) is 3.19. The highest BCUT2D eigenvalue weighted by atomic mass is 16.5. The van der Waals surface area contributed by atoms with Gasteiger partial charge < -0.3 is 4.74 Å². The normalized spacial score (nSPS) is 12.7. The summed E-state index contributed by atoms with van der Waals surface area (Å²) in [5.41, 5.74) is 1.89. The van der Waals surface area contributed by atoms with E-state index in [-0.39, 0.29) is 6.10 Å². The van der Waals surface area contributed by atoms with Crippen molar-refractivity contribution in [2.45, 2.75) is 45.4 Å². The van der Waals surface area contributed by atoms with Crippen LogP contribution in [0.3, 0.4) is 0 Å². The minimum Gasteiger partial charge on any atom is -0.352 e. The van der Waals surface area contributed by atoms with E-state index in [2.05, 4.69) is 23.8 Å². The molecule has 0 radical (unpaired) electrons. The van der Waals surface area contributed by atoms with Gasteiger partial charge in [-0.2, -0.15) is 0 Å². The molecule has 0 aliphatic carbocycles. The summed E-state index contributed by atoms with van der Waals surface area (Å²) >= 11 is 0. The van der Waals surface area contributed by atoms with Gasteiger partial charge in [-0.3, -0.25) is 0 Å². The Morgan fingerprint density at radius 2 is 2.21 bits per heavy atom.